The van der Waals surface area contributed by atoms with Crippen molar-refractivity contribution >= 4 is 5.91 Å². The van der Waals surface area contributed by atoms with Gasteiger partial charge in [0.2, 0.25) is 0 Å². The maximum atomic E-state index is 13.3. The van der Waals surface area contributed by atoms with E-state index in [1.54, 1.807) is 12.0 Å². The number of halogens is 2. The van der Waals surface area contributed by atoms with E-state index in [0.29, 0.717) is 25.6 Å². The second kappa shape index (κ2) is 7.15. The fourth-order valence-electron chi connectivity index (χ4n) is 3.91. The molecule has 1 aromatic carbocycles. The average Bonchev–Trinajstić information content (AvgIpc) is 2.97. The van der Waals surface area contributed by atoms with Crippen molar-refractivity contribution in [1.29, 1.82) is 0 Å². The second-order valence-electron chi connectivity index (χ2n) is 6.60. The van der Waals surface area contributed by atoms with Crippen LogP contribution in [0.2, 0.25) is 0 Å². The molecule has 1 aromatic rings. The van der Waals surface area contributed by atoms with Gasteiger partial charge in [-0.05, 0) is 49.8 Å². The molecule has 2 aliphatic heterocycles. The Bertz CT molecular complexity index is 600. The van der Waals surface area contributed by atoms with Crippen LogP contribution < -0.4 is 0 Å². The Morgan fingerprint density at radius 2 is 2.08 bits per heavy atom. The molecule has 24 heavy (non-hydrogen) atoms. The first-order valence-corrected chi connectivity index (χ1v) is 8.43. The summed E-state index contributed by atoms with van der Waals surface area (Å²) >= 11 is 0. The molecule has 0 aliphatic carbocycles. The largest absolute Gasteiger partial charge is 0.385 e. The Morgan fingerprint density at radius 3 is 2.75 bits per heavy atom. The van der Waals surface area contributed by atoms with E-state index < -0.39 is 11.6 Å². The average molecular weight is 339 g/mol. The summed E-state index contributed by atoms with van der Waals surface area (Å²) in [5, 5.41) is 0. The summed E-state index contributed by atoms with van der Waals surface area (Å²) in [7, 11) is 1.70. The Hall–Kier alpha value is -1.53. The van der Waals surface area contributed by atoms with Gasteiger partial charge in [0.25, 0.3) is 5.91 Å². The molecule has 132 valence electrons. The minimum absolute atomic E-state index is 0.163. The summed E-state index contributed by atoms with van der Waals surface area (Å²) in [5.74, 6) is -1.73. The number of hydrogen-bond acceptors (Lipinski definition) is 3. The Morgan fingerprint density at radius 1 is 1.33 bits per heavy atom. The first-order valence-electron chi connectivity index (χ1n) is 8.43. The van der Waals surface area contributed by atoms with Crippen LogP contribution in [0.15, 0.2) is 18.2 Å². The van der Waals surface area contributed by atoms with E-state index in [1.807, 2.05) is 0 Å². The maximum absolute atomic E-state index is 13.3. The lowest BCUT2D eigenvalue weighted by atomic mass is 9.78. The van der Waals surface area contributed by atoms with E-state index >= 15 is 0 Å². The molecule has 0 unspecified atom stereocenters. The van der Waals surface area contributed by atoms with E-state index in [0.717, 1.165) is 44.4 Å². The third kappa shape index (κ3) is 3.30. The number of carbonyl (C=O) groups excluding carboxylic acids is 1. The van der Waals surface area contributed by atoms with Crippen LogP contribution in [0.1, 0.15) is 36.0 Å². The zero-order chi connectivity index (χ0) is 17.2. The number of amides is 1. The second-order valence-corrected chi connectivity index (χ2v) is 6.60. The van der Waals surface area contributed by atoms with Crippen LogP contribution in [0.3, 0.4) is 0 Å². The van der Waals surface area contributed by atoms with Crippen LogP contribution in [0.4, 0.5) is 8.78 Å². The van der Waals surface area contributed by atoms with Crippen molar-refractivity contribution in [3.05, 3.63) is 35.4 Å². The van der Waals surface area contributed by atoms with Crippen LogP contribution >= 0.6 is 0 Å². The molecule has 2 aliphatic rings. The summed E-state index contributed by atoms with van der Waals surface area (Å²) in [6.45, 7) is 2.61. The molecule has 1 atom stereocenters. The molecule has 4 nitrogen and oxygen atoms in total. The summed E-state index contributed by atoms with van der Waals surface area (Å²) in [6, 6.07) is 3.29. The van der Waals surface area contributed by atoms with Gasteiger partial charge in [0.05, 0.1) is 5.60 Å². The molecule has 1 spiro atoms. The minimum atomic E-state index is -0.993. The zero-order valence-electron chi connectivity index (χ0n) is 13.9. The number of carbonyl (C=O) groups is 1. The SMILES string of the molecule is COCC[C@H]1CCOC12CCN(C(=O)c1ccc(F)c(F)c1)CC2. The molecule has 1 amide bonds. The van der Waals surface area contributed by atoms with Crippen molar-refractivity contribution in [2.24, 2.45) is 5.92 Å². The summed E-state index contributed by atoms with van der Waals surface area (Å²) in [6.07, 6.45) is 3.54. The van der Waals surface area contributed by atoms with Crippen molar-refractivity contribution in [2.45, 2.75) is 31.3 Å². The molecule has 0 N–H and O–H groups in total. The van der Waals surface area contributed by atoms with Crippen molar-refractivity contribution in [3.63, 3.8) is 0 Å². The molecule has 6 heteroatoms. The fourth-order valence-corrected chi connectivity index (χ4v) is 3.91. The molecule has 0 radical (unpaired) electrons. The number of ether oxygens (including phenoxy) is 2. The Kier molecular flexibility index (Phi) is 5.15. The molecule has 2 fully saturated rings. The number of methoxy groups -OCH3 is 1. The Balaban J connectivity index is 1.64. The number of likely N-dealkylation sites (tertiary alicyclic amines) is 1. The van der Waals surface area contributed by atoms with Crippen molar-refractivity contribution in [1.82, 2.24) is 4.90 Å². The third-order valence-electron chi connectivity index (χ3n) is 5.33. The number of piperidine rings is 1. The summed E-state index contributed by atoms with van der Waals surface area (Å²) in [5.41, 5.74) is 0.0247. The third-order valence-corrected chi connectivity index (χ3v) is 5.33. The van der Waals surface area contributed by atoms with E-state index in [2.05, 4.69) is 0 Å². The highest BCUT2D eigenvalue weighted by Crippen LogP contribution is 2.42. The highest BCUT2D eigenvalue weighted by Gasteiger charge is 2.46. The van der Waals surface area contributed by atoms with E-state index in [9.17, 15) is 13.6 Å². The number of hydrogen-bond donors (Lipinski definition) is 0. The molecule has 0 aromatic heterocycles. The highest BCUT2D eigenvalue weighted by molar-refractivity contribution is 5.94. The molecular weight excluding hydrogens is 316 g/mol. The number of rotatable bonds is 4. The van der Waals surface area contributed by atoms with Gasteiger partial charge in [-0.1, -0.05) is 0 Å². The summed E-state index contributed by atoms with van der Waals surface area (Å²) in [4.78, 5) is 14.2. The van der Waals surface area contributed by atoms with Gasteiger partial charge >= 0.3 is 0 Å². The molecule has 2 heterocycles. The van der Waals surface area contributed by atoms with E-state index in [1.165, 1.54) is 6.07 Å². The van der Waals surface area contributed by atoms with Gasteiger partial charge < -0.3 is 14.4 Å². The van der Waals surface area contributed by atoms with Crippen LogP contribution in [0, 0.1) is 17.6 Å². The maximum Gasteiger partial charge on any atom is 0.253 e. The standard InChI is InChI=1S/C18H23F2NO3/c1-23-10-4-14-5-11-24-18(14)6-8-21(9-7-18)17(22)13-2-3-15(19)16(20)12-13/h2-3,12,14H,4-11H2,1H3/t14-/m0/s1. The predicted molar refractivity (Wildman–Crippen MR) is 84.8 cm³/mol. The minimum Gasteiger partial charge on any atom is -0.385 e. The molecule has 2 saturated heterocycles. The van der Waals surface area contributed by atoms with Crippen LogP contribution in [0.5, 0.6) is 0 Å². The topological polar surface area (TPSA) is 38.8 Å². The molecular formula is C18H23F2NO3. The van der Waals surface area contributed by atoms with E-state index in [-0.39, 0.29) is 17.1 Å². The van der Waals surface area contributed by atoms with Crippen molar-refractivity contribution in [2.75, 3.05) is 33.4 Å². The van der Waals surface area contributed by atoms with E-state index in [4.69, 9.17) is 9.47 Å². The van der Waals surface area contributed by atoms with Crippen molar-refractivity contribution < 1.29 is 23.0 Å². The monoisotopic (exact) mass is 339 g/mol. The lowest BCUT2D eigenvalue weighted by Gasteiger charge is -2.42. The normalized spacial score (nSPS) is 23.0. The summed E-state index contributed by atoms with van der Waals surface area (Å²) < 4.78 is 37.6. The van der Waals surface area contributed by atoms with Gasteiger partial charge in [0.1, 0.15) is 0 Å². The molecule has 3 rings (SSSR count). The first kappa shape index (κ1) is 17.3. The molecule has 0 bridgehead atoms. The van der Waals surface area contributed by atoms with Gasteiger partial charge in [-0.25, -0.2) is 8.78 Å². The van der Waals surface area contributed by atoms with Gasteiger partial charge in [-0.15, -0.1) is 0 Å². The quantitative estimate of drug-likeness (QED) is 0.846. The van der Waals surface area contributed by atoms with Crippen LogP contribution in [-0.4, -0.2) is 49.8 Å². The Labute approximate surface area is 140 Å². The lowest BCUT2D eigenvalue weighted by Crippen LogP contribution is -2.49. The van der Waals surface area contributed by atoms with Crippen LogP contribution in [0.25, 0.3) is 0 Å². The van der Waals surface area contributed by atoms with Gasteiger partial charge in [0, 0.05) is 39.0 Å². The zero-order valence-corrected chi connectivity index (χ0v) is 13.9. The molecule has 0 saturated carbocycles. The lowest BCUT2D eigenvalue weighted by molar-refractivity contribution is -0.0661. The number of benzene rings is 1. The number of nitrogens with zero attached hydrogens (tertiary/aromatic N) is 1. The fraction of sp³-hybridized carbons (Fsp3) is 0.611. The van der Waals surface area contributed by atoms with Crippen LogP contribution in [-0.2, 0) is 9.47 Å². The smallest absolute Gasteiger partial charge is 0.253 e. The first-order chi connectivity index (χ1) is 11.6. The predicted octanol–water partition coefficient (Wildman–Crippen LogP) is 3.01. The highest BCUT2D eigenvalue weighted by atomic mass is 19.2. The van der Waals surface area contributed by atoms with Crippen molar-refractivity contribution in [3.8, 4) is 0 Å². The van der Waals surface area contributed by atoms with Gasteiger partial charge in [0.15, 0.2) is 11.6 Å². The van der Waals surface area contributed by atoms with Gasteiger partial charge in [-0.3, -0.25) is 4.79 Å². The van der Waals surface area contributed by atoms with Gasteiger partial charge in [-0.2, -0.15) is 0 Å².